The number of nitrogens with one attached hydrogen (secondary N) is 1. The van der Waals surface area contributed by atoms with Gasteiger partial charge >= 0.3 is 0 Å². The highest BCUT2D eigenvalue weighted by molar-refractivity contribution is 7.88. The van der Waals surface area contributed by atoms with E-state index >= 15 is 0 Å². The highest BCUT2D eigenvalue weighted by atomic mass is 32.2. The predicted octanol–water partition coefficient (Wildman–Crippen LogP) is 2.32. The summed E-state index contributed by atoms with van der Waals surface area (Å²) in [6.07, 6.45) is 2.57. The fourth-order valence-corrected chi connectivity index (χ4v) is 3.82. The highest BCUT2D eigenvalue weighted by Crippen LogP contribution is 2.13. The van der Waals surface area contributed by atoms with E-state index < -0.39 is 10.0 Å². The molecule has 0 aliphatic rings. The average Bonchev–Trinajstić information content (AvgIpc) is 2.37. The SMILES string of the molecule is CCCC(CC)NS(=O)(=O)Cc1ccccc1C(N)=S. The molecule has 0 aromatic heterocycles. The lowest BCUT2D eigenvalue weighted by Gasteiger charge is -2.17. The Hall–Kier alpha value is -0.980. The lowest BCUT2D eigenvalue weighted by Crippen LogP contribution is -2.35. The molecule has 0 saturated heterocycles. The molecule has 0 aliphatic heterocycles. The third kappa shape index (κ3) is 5.19. The zero-order chi connectivity index (χ0) is 15.2. The maximum Gasteiger partial charge on any atom is 0.216 e. The Morgan fingerprint density at radius 2 is 2.00 bits per heavy atom. The van der Waals surface area contributed by atoms with Crippen molar-refractivity contribution in [3.63, 3.8) is 0 Å². The molecule has 112 valence electrons. The fraction of sp³-hybridized carbons (Fsp3) is 0.500. The van der Waals surface area contributed by atoms with Crippen molar-refractivity contribution in [1.29, 1.82) is 0 Å². The van der Waals surface area contributed by atoms with E-state index in [1.54, 1.807) is 24.3 Å². The highest BCUT2D eigenvalue weighted by Gasteiger charge is 2.18. The minimum atomic E-state index is -3.39. The Morgan fingerprint density at radius 3 is 2.55 bits per heavy atom. The van der Waals surface area contributed by atoms with Crippen molar-refractivity contribution in [1.82, 2.24) is 4.72 Å². The fourth-order valence-electron chi connectivity index (χ4n) is 2.08. The first-order valence-corrected chi connectivity index (χ1v) is 8.83. The van der Waals surface area contributed by atoms with E-state index in [9.17, 15) is 8.42 Å². The molecule has 0 radical (unpaired) electrons. The van der Waals surface area contributed by atoms with Crippen LogP contribution in [0.25, 0.3) is 0 Å². The van der Waals surface area contributed by atoms with Gasteiger partial charge in [0.15, 0.2) is 0 Å². The van der Waals surface area contributed by atoms with Crippen LogP contribution in [0.3, 0.4) is 0 Å². The van der Waals surface area contributed by atoms with Crippen molar-refractivity contribution in [3.05, 3.63) is 35.4 Å². The van der Waals surface area contributed by atoms with Crippen molar-refractivity contribution in [2.45, 2.75) is 44.9 Å². The number of thiocarbonyl (C=S) groups is 1. The maximum atomic E-state index is 12.2. The summed E-state index contributed by atoms with van der Waals surface area (Å²) in [5.41, 5.74) is 6.88. The van der Waals surface area contributed by atoms with E-state index in [2.05, 4.69) is 4.72 Å². The van der Waals surface area contributed by atoms with Crippen molar-refractivity contribution >= 4 is 27.2 Å². The molecule has 1 atom stereocenters. The number of nitrogens with two attached hydrogens (primary N) is 1. The Balaban J connectivity index is 2.89. The van der Waals surface area contributed by atoms with Gasteiger partial charge in [0.05, 0.1) is 5.75 Å². The van der Waals surface area contributed by atoms with Crippen LogP contribution in [0, 0.1) is 0 Å². The van der Waals surface area contributed by atoms with Crippen LogP contribution in [0.2, 0.25) is 0 Å². The second kappa shape index (κ2) is 7.71. The molecular weight excluding hydrogens is 292 g/mol. The molecule has 0 aliphatic carbocycles. The van der Waals surface area contributed by atoms with E-state index in [-0.39, 0.29) is 16.8 Å². The summed E-state index contributed by atoms with van der Waals surface area (Å²) in [7, 11) is -3.39. The Kier molecular flexibility index (Phi) is 6.58. The summed E-state index contributed by atoms with van der Waals surface area (Å²) in [5, 5.41) is 0. The van der Waals surface area contributed by atoms with E-state index in [1.165, 1.54) is 0 Å². The standard InChI is InChI=1S/C14H22N2O2S2/c1-3-7-12(4-2)16-20(17,18)10-11-8-5-6-9-13(11)14(15)19/h5-6,8-9,12,16H,3-4,7,10H2,1-2H3,(H2,15,19). The molecule has 1 rings (SSSR count). The van der Waals surface area contributed by atoms with Crippen molar-refractivity contribution in [3.8, 4) is 0 Å². The largest absolute Gasteiger partial charge is 0.389 e. The van der Waals surface area contributed by atoms with Crippen LogP contribution < -0.4 is 10.5 Å². The molecule has 1 unspecified atom stereocenters. The van der Waals surface area contributed by atoms with Gasteiger partial charge in [0.1, 0.15) is 4.99 Å². The molecule has 0 spiro atoms. The zero-order valence-corrected chi connectivity index (χ0v) is 13.6. The first kappa shape index (κ1) is 17.1. The molecule has 0 heterocycles. The summed E-state index contributed by atoms with van der Waals surface area (Å²) in [4.78, 5) is 0.219. The van der Waals surface area contributed by atoms with Crippen LogP contribution >= 0.6 is 12.2 Å². The summed E-state index contributed by atoms with van der Waals surface area (Å²) in [5.74, 6) is -0.0965. The van der Waals surface area contributed by atoms with E-state index in [4.69, 9.17) is 18.0 Å². The summed E-state index contributed by atoms with van der Waals surface area (Å²) in [6, 6.07) is 7.06. The molecule has 0 fully saturated rings. The van der Waals surface area contributed by atoms with Crippen molar-refractivity contribution < 1.29 is 8.42 Å². The van der Waals surface area contributed by atoms with Gasteiger partial charge in [-0.25, -0.2) is 13.1 Å². The Labute approximate surface area is 126 Å². The van der Waals surface area contributed by atoms with Gasteiger partial charge in [-0.05, 0) is 18.4 Å². The second-order valence-electron chi connectivity index (χ2n) is 4.79. The number of hydrogen-bond acceptors (Lipinski definition) is 3. The molecule has 0 saturated carbocycles. The van der Waals surface area contributed by atoms with Gasteiger partial charge in [-0.15, -0.1) is 0 Å². The number of benzene rings is 1. The molecule has 3 N–H and O–H groups in total. The van der Waals surface area contributed by atoms with Gasteiger partial charge in [-0.3, -0.25) is 0 Å². The Morgan fingerprint density at radius 1 is 1.35 bits per heavy atom. The summed E-state index contributed by atoms with van der Waals surface area (Å²) in [6.45, 7) is 4.02. The third-order valence-corrected chi connectivity index (χ3v) is 4.71. The van der Waals surface area contributed by atoms with Gasteiger partial charge in [0.2, 0.25) is 10.0 Å². The van der Waals surface area contributed by atoms with E-state index in [1.807, 2.05) is 13.8 Å². The molecular formula is C14H22N2O2S2. The zero-order valence-electron chi connectivity index (χ0n) is 11.9. The lowest BCUT2D eigenvalue weighted by atomic mass is 10.1. The smallest absolute Gasteiger partial charge is 0.216 e. The number of sulfonamides is 1. The van der Waals surface area contributed by atoms with Crippen LogP contribution in [-0.2, 0) is 15.8 Å². The summed E-state index contributed by atoms with van der Waals surface area (Å²) < 4.78 is 27.2. The van der Waals surface area contributed by atoms with Crippen molar-refractivity contribution in [2.24, 2.45) is 5.73 Å². The number of rotatable bonds is 8. The van der Waals surface area contributed by atoms with E-state index in [0.29, 0.717) is 11.1 Å². The molecule has 1 aromatic rings. The van der Waals surface area contributed by atoms with Gasteiger partial charge in [-0.1, -0.05) is 56.8 Å². The second-order valence-corrected chi connectivity index (χ2v) is 6.99. The first-order valence-electron chi connectivity index (χ1n) is 6.77. The van der Waals surface area contributed by atoms with Crippen LogP contribution in [0.1, 0.15) is 44.2 Å². The molecule has 6 heteroatoms. The van der Waals surface area contributed by atoms with Crippen LogP contribution in [0.15, 0.2) is 24.3 Å². The minimum absolute atomic E-state index is 0.0120. The molecule has 0 bridgehead atoms. The minimum Gasteiger partial charge on any atom is -0.389 e. The normalized spacial score (nSPS) is 13.1. The predicted molar refractivity (Wildman–Crippen MR) is 87.1 cm³/mol. The molecule has 20 heavy (non-hydrogen) atoms. The van der Waals surface area contributed by atoms with Crippen LogP contribution in [0.4, 0.5) is 0 Å². The van der Waals surface area contributed by atoms with Crippen molar-refractivity contribution in [2.75, 3.05) is 0 Å². The third-order valence-electron chi connectivity index (χ3n) is 3.10. The Bertz CT molecular complexity index is 556. The molecule has 4 nitrogen and oxygen atoms in total. The quantitative estimate of drug-likeness (QED) is 0.722. The molecule has 0 amide bonds. The first-order chi connectivity index (χ1) is 9.39. The molecule has 1 aromatic carbocycles. The lowest BCUT2D eigenvalue weighted by molar-refractivity contribution is 0.512. The van der Waals surface area contributed by atoms with Gasteiger partial charge < -0.3 is 5.73 Å². The average molecular weight is 314 g/mol. The topological polar surface area (TPSA) is 72.2 Å². The van der Waals surface area contributed by atoms with Gasteiger partial charge in [-0.2, -0.15) is 0 Å². The number of hydrogen-bond donors (Lipinski definition) is 2. The van der Waals surface area contributed by atoms with Gasteiger partial charge in [0.25, 0.3) is 0 Å². The van der Waals surface area contributed by atoms with E-state index in [0.717, 1.165) is 19.3 Å². The van der Waals surface area contributed by atoms with Gasteiger partial charge in [0, 0.05) is 11.6 Å². The van der Waals surface area contributed by atoms with Crippen LogP contribution in [-0.4, -0.2) is 19.4 Å². The van der Waals surface area contributed by atoms with Crippen LogP contribution in [0.5, 0.6) is 0 Å². The maximum absolute atomic E-state index is 12.2. The monoisotopic (exact) mass is 314 g/mol. The summed E-state index contributed by atoms with van der Waals surface area (Å²) >= 11 is 4.95.